The van der Waals surface area contributed by atoms with Crippen LogP contribution in [0, 0.1) is 107 Å². The van der Waals surface area contributed by atoms with E-state index in [0.29, 0.717) is 99.0 Å². The molecule has 8 aliphatic carbocycles. The van der Waals surface area contributed by atoms with Crippen LogP contribution < -0.4 is 0 Å². The van der Waals surface area contributed by atoms with Crippen molar-refractivity contribution in [3.05, 3.63) is 23.3 Å². The number of fused-ring (bicyclic) bond motifs is 10. The summed E-state index contributed by atoms with van der Waals surface area (Å²) in [5.41, 5.74) is 2.96. The predicted molar refractivity (Wildman–Crippen MR) is 452 cm³/mol. The molecule has 17 nitrogen and oxygen atoms in total. The summed E-state index contributed by atoms with van der Waals surface area (Å²) in [6.45, 7) is 53.9. The summed E-state index contributed by atoms with van der Waals surface area (Å²) in [7, 11) is 1.63. The molecule has 0 aromatic carbocycles. The van der Waals surface area contributed by atoms with Crippen LogP contribution in [-0.2, 0) is 80.8 Å². The normalized spacial score (nSPS) is 33.3. The summed E-state index contributed by atoms with van der Waals surface area (Å²) in [6.07, 6.45) is 34.3. The lowest BCUT2D eigenvalue weighted by molar-refractivity contribution is -0.179. The highest BCUT2D eigenvalue weighted by Crippen LogP contribution is 2.77. The van der Waals surface area contributed by atoms with Crippen molar-refractivity contribution in [3.63, 3.8) is 0 Å². The lowest BCUT2D eigenvalue weighted by atomic mass is 9.39. The van der Waals surface area contributed by atoms with Gasteiger partial charge in [-0.25, -0.2) is 0 Å². The van der Waals surface area contributed by atoms with Crippen LogP contribution in [-0.4, -0.2) is 147 Å². The maximum atomic E-state index is 13.4. The van der Waals surface area contributed by atoms with E-state index < -0.39 is 27.0 Å². The summed E-state index contributed by atoms with van der Waals surface area (Å²) in [5, 5.41) is 0. The third kappa shape index (κ3) is 22.6. The highest BCUT2D eigenvalue weighted by Gasteiger charge is 2.69. The smallest absolute Gasteiger partial charge is 0.323 e. The van der Waals surface area contributed by atoms with Crippen molar-refractivity contribution in [2.24, 2.45) is 107 Å². The van der Waals surface area contributed by atoms with E-state index >= 15 is 0 Å². The van der Waals surface area contributed by atoms with Gasteiger partial charge in [-0.3, -0.25) is 24.0 Å². The van der Waals surface area contributed by atoms with E-state index in [4.69, 9.17) is 69.5 Å². The average Bonchev–Trinajstić information content (AvgIpc) is 1.67. The third-order valence-corrected chi connectivity index (χ3v) is 33.0. The van der Waals surface area contributed by atoms with Gasteiger partial charge in [-0.05, 0) is 254 Å². The second-order valence-electron chi connectivity index (χ2n) is 41.0. The molecule has 0 heterocycles. The maximum absolute atomic E-state index is 13.4. The maximum Gasteiger partial charge on any atom is 0.323 e. The molecule has 8 rings (SSSR count). The van der Waals surface area contributed by atoms with Gasteiger partial charge in [0.05, 0.1) is 87.9 Å². The van der Waals surface area contributed by atoms with Crippen LogP contribution in [0.25, 0.3) is 0 Å². The number of carbonyl (C=O) groups is 5. The molecule has 0 spiro atoms. The molecule has 6 saturated carbocycles. The first kappa shape index (κ1) is 97.0. The van der Waals surface area contributed by atoms with Crippen molar-refractivity contribution in [1.82, 2.24) is 0 Å². The number of hydrogen-bond donors (Lipinski definition) is 1. The topological polar surface area (TPSA) is 196 Å². The van der Waals surface area contributed by atoms with Crippen LogP contribution in [0.1, 0.15) is 326 Å². The van der Waals surface area contributed by atoms with Gasteiger partial charge in [0.2, 0.25) is 0 Å². The minimum Gasteiger partial charge on any atom is -0.463 e. The molecule has 6 fully saturated rings. The van der Waals surface area contributed by atoms with Crippen LogP contribution in [0.2, 0.25) is 0 Å². The van der Waals surface area contributed by atoms with Crippen molar-refractivity contribution >= 4 is 42.5 Å². The molecule has 19 atom stereocenters. The van der Waals surface area contributed by atoms with Crippen molar-refractivity contribution in [3.8, 4) is 0 Å². The molecule has 5 unspecified atom stereocenters. The Morgan fingerprint density at radius 2 is 0.823 bits per heavy atom. The molecule has 0 aliphatic heterocycles. The Balaban J connectivity index is 0.000000314. The highest BCUT2D eigenvalue weighted by molar-refractivity contribution is 7.82. The van der Waals surface area contributed by atoms with E-state index in [1.165, 1.54) is 103 Å². The number of methoxy groups -OCH3 is 1. The van der Waals surface area contributed by atoms with Crippen molar-refractivity contribution < 1.29 is 80.8 Å². The molecule has 0 saturated heterocycles. The van der Waals surface area contributed by atoms with Crippen LogP contribution in [0.5, 0.6) is 0 Å². The summed E-state index contributed by atoms with van der Waals surface area (Å²) < 4.78 is 65.7. The largest absolute Gasteiger partial charge is 0.463 e. The lowest BCUT2D eigenvalue weighted by Crippen LogP contribution is -2.58. The van der Waals surface area contributed by atoms with Gasteiger partial charge in [-0.15, -0.1) is 0 Å². The predicted octanol–water partition coefficient (Wildman–Crippen LogP) is 21.5. The molecule has 652 valence electrons. The Morgan fingerprint density at radius 1 is 0.442 bits per heavy atom. The Kier molecular flexibility index (Phi) is 35.6. The molecule has 0 aromatic heterocycles. The Morgan fingerprint density at radius 3 is 1.21 bits per heavy atom. The molecule has 0 bridgehead atoms. The second kappa shape index (κ2) is 41.4. The SMILES string of the molecule is CCC(=O)OCCOCCOCCOC(=O)C(C)(CC)CC(C)(C)C(=O)OCOC1CC[C@@]2(C)C(=CC[C@H]3[C@]4(C)CC[C@](C)([C@H](C)CCCC(C)C)[C@H]4CC[C@@]32C)C1.CCC(C)(CC(C)(S)C(=O)OCOC1CC[C@@]2(C)C(=CC[C@H]3[C@]4(C)CC[C@](C)([C@H](C)CCCC(C)C)[C@H]4CC[C@@]32C)C1)C(=O)OCCOCCOCCOC. The first-order chi connectivity index (χ1) is 53.0. The van der Waals surface area contributed by atoms with Gasteiger partial charge < -0.3 is 56.8 Å². The number of thiol groups is 1. The fraction of sp³-hybridized carbons (Fsp3) is 0.905. The second-order valence-corrected chi connectivity index (χ2v) is 42.0. The van der Waals surface area contributed by atoms with E-state index in [1.807, 2.05) is 41.5 Å². The number of rotatable bonds is 45. The molecule has 0 aromatic rings. The third-order valence-electron chi connectivity index (χ3n) is 32.6. The Hall–Kier alpha value is -3.10. The number of hydrogen-bond acceptors (Lipinski definition) is 18. The zero-order chi connectivity index (χ0) is 83.7. The van der Waals surface area contributed by atoms with Gasteiger partial charge in [0.15, 0.2) is 13.6 Å². The number of esters is 5. The molecule has 18 heteroatoms. The van der Waals surface area contributed by atoms with Gasteiger partial charge in [-0.1, -0.05) is 180 Å². The summed E-state index contributed by atoms with van der Waals surface area (Å²) in [4.78, 5) is 64.3. The van der Waals surface area contributed by atoms with E-state index in [2.05, 4.69) is 109 Å². The summed E-state index contributed by atoms with van der Waals surface area (Å²) in [5.74, 6) is 4.31. The molecule has 0 amide bonds. The molecule has 113 heavy (non-hydrogen) atoms. The van der Waals surface area contributed by atoms with E-state index in [9.17, 15) is 24.0 Å². The zero-order valence-electron chi connectivity index (χ0n) is 75.8. The molecular weight excluding hydrogens is 1450 g/mol. The van der Waals surface area contributed by atoms with E-state index in [0.717, 1.165) is 74.0 Å². The van der Waals surface area contributed by atoms with Gasteiger partial charge in [-0.2, -0.15) is 12.6 Å². The monoisotopic (exact) mass is 1610 g/mol. The average molecular weight is 1610 g/mol. The minimum atomic E-state index is -1.19. The van der Waals surface area contributed by atoms with Gasteiger partial charge in [0, 0.05) is 13.5 Å². The van der Waals surface area contributed by atoms with E-state index in [1.54, 1.807) is 32.1 Å². The van der Waals surface area contributed by atoms with Crippen LogP contribution in [0.3, 0.4) is 0 Å². The first-order valence-corrected chi connectivity index (χ1v) is 45.5. The first-order valence-electron chi connectivity index (χ1n) is 45.0. The summed E-state index contributed by atoms with van der Waals surface area (Å²) in [6, 6.07) is 0. The quantitative estimate of drug-likeness (QED) is 0.0151. The van der Waals surface area contributed by atoms with Gasteiger partial charge >= 0.3 is 29.8 Å². The van der Waals surface area contributed by atoms with Gasteiger partial charge in [0.1, 0.15) is 24.6 Å². The van der Waals surface area contributed by atoms with Gasteiger partial charge in [0.25, 0.3) is 0 Å². The number of allylic oxidation sites excluding steroid dienone is 2. The van der Waals surface area contributed by atoms with Crippen LogP contribution >= 0.6 is 12.6 Å². The van der Waals surface area contributed by atoms with Crippen molar-refractivity contribution in [2.75, 3.05) is 100.0 Å². The molecule has 8 aliphatic rings. The zero-order valence-corrected chi connectivity index (χ0v) is 76.7. The fourth-order valence-corrected chi connectivity index (χ4v) is 24.6. The number of carbonyl (C=O) groups excluding carboxylic acids is 5. The van der Waals surface area contributed by atoms with E-state index in [-0.39, 0.29) is 117 Å². The van der Waals surface area contributed by atoms with Crippen molar-refractivity contribution in [2.45, 2.75) is 343 Å². The number of ether oxygens (including phenoxy) is 12. The minimum absolute atomic E-state index is 0.0156. The highest BCUT2D eigenvalue weighted by atomic mass is 32.1. The lowest BCUT2D eigenvalue weighted by Gasteiger charge is -2.66. The Bertz CT molecular complexity index is 3110. The summed E-state index contributed by atoms with van der Waals surface area (Å²) >= 11 is 4.70. The standard InChI is InChI=1S/C49H84O9.C46H80O8S/c1-13-41(50)55-30-28-53-26-27-54-29-31-56-43(52)45(8,14-2)33-44(6,7)42(51)58-34-57-38-20-22-48(11)37(32-38)18-19-40-47(10)25-24-46(9,36(5)17-15-16-35(3)4)39(47)21-23-49(40,48)12;1-12-41(5,39(47)52-29-28-51-27-26-50-25-24-49-11)31-46(10,55)40(48)54-32-53-36-18-20-44(8)35(30-36)16-17-38-43(7)23-22-42(6,34(4)15-13-14-33(2)3)37(43)19-21-45(38,44)9/h18,35-36,38-40H,13-17,19-34H2,1-12H3;16,33-34,36-38,55H,12-15,17-32H2,1-11H3/t36-,38?,39-,40+,45?,46-,47-,48+,49+;34-,36?,37-,38+,41?,42-,43-,44+,45+,46?/m11/s1. The fourth-order valence-electron chi connectivity index (χ4n) is 24.2. The Labute approximate surface area is 692 Å². The van der Waals surface area contributed by atoms with Crippen LogP contribution in [0.15, 0.2) is 23.3 Å². The van der Waals surface area contributed by atoms with Crippen molar-refractivity contribution in [1.29, 1.82) is 0 Å². The van der Waals surface area contributed by atoms with Crippen LogP contribution in [0.4, 0.5) is 0 Å². The molecule has 0 radical (unpaired) electrons. The molecular formula is C95H164O17S. The molecule has 0 N–H and O–H groups in total.